The Balaban J connectivity index is 1.74. The van der Waals surface area contributed by atoms with E-state index in [0.717, 1.165) is 15.8 Å². The average molecular weight is 353 g/mol. The van der Waals surface area contributed by atoms with Gasteiger partial charge in [-0.05, 0) is 29.8 Å². The fourth-order valence-corrected chi connectivity index (χ4v) is 2.66. The van der Waals surface area contributed by atoms with E-state index in [1.54, 1.807) is 12.1 Å². The smallest absolute Gasteiger partial charge is 0.265 e. The van der Waals surface area contributed by atoms with Gasteiger partial charge in [-0.3, -0.25) is 4.79 Å². The van der Waals surface area contributed by atoms with E-state index in [1.807, 2.05) is 30.3 Å². The molecule has 0 radical (unpaired) electrons. The summed E-state index contributed by atoms with van der Waals surface area (Å²) in [6.07, 6.45) is 0.0654. The van der Waals surface area contributed by atoms with Gasteiger partial charge >= 0.3 is 0 Å². The number of carbonyl (C=O) groups is 1. The fraction of sp³-hybridized carbons (Fsp3) is 0.133. The van der Waals surface area contributed by atoms with Crippen LogP contribution in [0.25, 0.3) is 0 Å². The molecule has 2 aromatic carbocycles. The lowest BCUT2D eigenvalue weighted by Crippen LogP contribution is -2.31. The molecular weight excluding hydrogens is 342 g/mol. The number of rotatable bonds is 2. The zero-order chi connectivity index (χ0) is 14.1. The number of carbonyl (C=O) groups excluding carboxylic acids is 1. The van der Waals surface area contributed by atoms with Crippen molar-refractivity contribution < 1.29 is 9.53 Å². The van der Waals surface area contributed by atoms with Crippen LogP contribution in [0.3, 0.4) is 0 Å². The summed E-state index contributed by atoms with van der Waals surface area (Å²) in [7, 11) is 0. The van der Waals surface area contributed by atoms with Crippen LogP contribution in [0.2, 0.25) is 5.02 Å². The van der Waals surface area contributed by atoms with Gasteiger partial charge in [0.05, 0.1) is 10.7 Å². The average Bonchev–Trinajstić information content (AvgIpc) is 2.87. The Morgan fingerprint density at radius 3 is 2.90 bits per heavy atom. The molecule has 102 valence electrons. The van der Waals surface area contributed by atoms with Crippen LogP contribution in [0.1, 0.15) is 5.56 Å². The number of para-hydroxylation sites is 1. The first-order valence-electron chi connectivity index (χ1n) is 6.14. The van der Waals surface area contributed by atoms with E-state index >= 15 is 0 Å². The van der Waals surface area contributed by atoms with Crippen LogP contribution in [-0.2, 0) is 11.2 Å². The highest BCUT2D eigenvalue weighted by atomic mass is 79.9. The molecule has 1 aliphatic heterocycles. The van der Waals surface area contributed by atoms with Crippen molar-refractivity contribution in [3.63, 3.8) is 0 Å². The molecule has 2 aromatic rings. The maximum atomic E-state index is 12.2. The highest BCUT2D eigenvalue weighted by Gasteiger charge is 2.29. The predicted octanol–water partition coefficient (Wildman–Crippen LogP) is 4.04. The van der Waals surface area contributed by atoms with Crippen molar-refractivity contribution in [3.05, 3.63) is 57.5 Å². The van der Waals surface area contributed by atoms with Crippen LogP contribution in [0.5, 0.6) is 5.75 Å². The summed E-state index contributed by atoms with van der Waals surface area (Å²) in [5.41, 5.74) is 1.62. The van der Waals surface area contributed by atoms with Crippen molar-refractivity contribution in [2.75, 3.05) is 5.32 Å². The third-order valence-electron chi connectivity index (χ3n) is 3.13. The normalized spacial score (nSPS) is 16.4. The molecule has 0 bridgehead atoms. The van der Waals surface area contributed by atoms with Gasteiger partial charge in [0.15, 0.2) is 6.10 Å². The summed E-state index contributed by atoms with van der Waals surface area (Å²) >= 11 is 9.41. The van der Waals surface area contributed by atoms with Gasteiger partial charge in [0.25, 0.3) is 5.91 Å². The quantitative estimate of drug-likeness (QED) is 0.885. The summed E-state index contributed by atoms with van der Waals surface area (Å²) in [6.45, 7) is 0. The molecule has 1 amide bonds. The molecule has 0 aromatic heterocycles. The summed E-state index contributed by atoms with van der Waals surface area (Å²) in [6, 6.07) is 13.0. The fourth-order valence-electron chi connectivity index (χ4n) is 2.13. The third-order valence-corrected chi connectivity index (χ3v) is 3.95. The van der Waals surface area contributed by atoms with Crippen molar-refractivity contribution in [1.29, 1.82) is 0 Å². The molecule has 0 saturated heterocycles. The minimum absolute atomic E-state index is 0.193. The van der Waals surface area contributed by atoms with E-state index in [-0.39, 0.29) is 5.91 Å². The molecule has 3 nitrogen and oxygen atoms in total. The lowest BCUT2D eigenvalue weighted by molar-refractivity contribution is -0.122. The van der Waals surface area contributed by atoms with Gasteiger partial charge in [-0.15, -0.1) is 0 Å². The molecule has 0 fully saturated rings. The van der Waals surface area contributed by atoms with Crippen molar-refractivity contribution in [2.24, 2.45) is 0 Å². The molecule has 20 heavy (non-hydrogen) atoms. The number of hydrogen-bond donors (Lipinski definition) is 1. The van der Waals surface area contributed by atoms with Crippen LogP contribution >= 0.6 is 27.5 Å². The van der Waals surface area contributed by atoms with Crippen LogP contribution < -0.4 is 10.1 Å². The summed E-state index contributed by atoms with van der Waals surface area (Å²) in [5, 5.41) is 3.30. The Hall–Kier alpha value is -1.52. The Kier molecular flexibility index (Phi) is 3.68. The number of hydrogen-bond acceptors (Lipinski definition) is 2. The van der Waals surface area contributed by atoms with Gasteiger partial charge < -0.3 is 10.1 Å². The molecule has 3 rings (SSSR count). The molecule has 1 atom stereocenters. The summed E-state index contributed by atoms with van der Waals surface area (Å²) in [4.78, 5) is 12.2. The first kappa shape index (κ1) is 13.5. The number of ether oxygens (including phenoxy) is 1. The number of nitrogens with one attached hydrogen (secondary N) is 1. The van der Waals surface area contributed by atoms with E-state index < -0.39 is 6.10 Å². The van der Waals surface area contributed by atoms with E-state index in [2.05, 4.69) is 21.2 Å². The van der Waals surface area contributed by atoms with Gasteiger partial charge in [-0.25, -0.2) is 0 Å². The molecule has 1 unspecified atom stereocenters. The van der Waals surface area contributed by atoms with Crippen molar-refractivity contribution in [2.45, 2.75) is 12.5 Å². The van der Waals surface area contributed by atoms with Crippen molar-refractivity contribution in [1.82, 2.24) is 0 Å². The van der Waals surface area contributed by atoms with Crippen molar-refractivity contribution in [3.8, 4) is 5.75 Å². The summed E-state index contributed by atoms with van der Waals surface area (Å²) < 4.78 is 6.50. The van der Waals surface area contributed by atoms with Gasteiger partial charge in [-0.1, -0.05) is 45.7 Å². The molecule has 1 N–H and O–H groups in total. The lowest BCUT2D eigenvalue weighted by atomic mass is 10.1. The van der Waals surface area contributed by atoms with Crippen LogP contribution in [-0.4, -0.2) is 12.0 Å². The molecule has 1 aliphatic rings. The maximum absolute atomic E-state index is 12.2. The number of fused-ring (bicyclic) bond motifs is 1. The molecule has 1 heterocycles. The van der Waals surface area contributed by atoms with Gasteiger partial charge in [0, 0.05) is 10.9 Å². The Labute approximate surface area is 130 Å². The number of halogens is 2. The Morgan fingerprint density at radius 2 is 2.10 bits per heavy atom. The third kappa shape index (κ3) is 2.67. The summed E-state index contributed by atoms with van der Waals surface area (Å²) in [5.74, 6) is 0.578. The van der Waals surface area contributed by atoms with Crippen LogP contribution in [0, 0.1) is 0 Å². The standard InChI is InChI=1S/C15H11BrClNO2/c16-10-5-6-11(17)12(8-10)18-15(19)14-7-9-3-1-2-4-13(9)20-14/h1-6,8,14H,7H2,(H,18,19). The first-order chi connectivity index (χ1) is 9.63. The minimum Gasteiger partial charge on any atom is -0.480 e. The minimum atomic E-state index is -0.512. The monoisotopic (exact) mass is 351 g/mol. The predicted molar refractivity (Wildman–Crippen MR) is 82.3 cm³/mol. The van der Waals surface area contributed by atoms with Crippen LogP contribution in [0.4, 0.5) is 5.69 Å². The highest BCUT2D eigenvalue weighted by Crippen LogP contribution is 2.30. The van der Waals surface area contributed by atoms with E-state index in [4.69, 9.17) is 16.3 Å². The van der Waals surface area contributed by atoms with Gasteiger partial charge in [0.1, 0.15) is 5.75 Å². The topological polar surface area (TPSA) is 38.3 Å². The highest BCUT2D eigenvalue weighted by molar-refractivity contribution is 9.10. The number of amides is 1. The number of benzene rings is 2. The van der Waals surface area contributed by atoms with Crippen molar-refractivity contribution >= 4 is 39.1 Å². The molecule has 0 spiro atoms. The first-order valence-corrected chi connectivity index (χ1v) is 7.31. The molecule has 5 heteroatoms. The Bertz CT molecular complexity index is 650. The largest absolute Gasteiger partial charge is 0.480 e. The van der Waals surface area contributed by atoms with E-state index in [0.29, 0.717) is 17.1 Å². The lowest BCUT2D eigenvalue weighted by Gasteiger charge is -2.12. The zero-order valence-electron chi connectivity index (χ0n) is 10.4. The van der Waals surface area contributed by atoms with E-state index in [9.17, 15) is 4.79 Å². The Morgan fingerprint density at radius 1 is 1.30 bits per heavy atom. The zero-order valence-corrected chi connectivity index (χ0v) is 12.7. The second kappa shape index (κ2) is 5.46. The van der Waals surface area contributed by atoms with Crippen LogP contribution in [0.15, 0.2) is 46.9 Å². The molecule has 0 aliphatic carbocycles. The molecular formula is C15H11BrClNO2. The number of anilines is 1. The maximum Gasteiger partial charge on any atom is 0.265 e. The van der Waals surface area contributed by atoms with Gasteiger partial charge in [-0.2, -0.15) is 0 Å². The second-order valence-corrected chi connectivity index (χ2v) is 5.85. The second-order valence-electron chi connectivity index (χ2n) is 4.53. The molecule has 0 saturated carbocycles. The van der Waals surface area contributed by atoms with E-state index in [1.165, 1.54) is 0 Å². The van der Waals surface area contributed by atoms with Gasteiger partial charge in [0.2, 0.25) is 0 Å². The SMILES string of the molecule is O=C(Nc1cc(Br)ccc1Cl)C1Cc2ccccc2O1.